The third kappa shape index (κ3) is 2.70. The molecule has 3 aliphatic rings. The van der Waals surface area contributed by atoms with Gasteiger partial charge in [0.15, 0.2) is 17.4 Å². The van der Waals surface area contributed by atoms with Gasteiger partial charge in [-0.25, -0.2) is 0 Å². The molecule has 0 bridgehead atoms. The average molecular weight is 446 g/mol. The highest BCUT2D eigenvalue weighted by Gasteiger charge is 2.68. The molecule has 1 saturated carbocycles. The average Bonchev–Trinajstić information content (AvgIpc) is 2.64. The molecule has 0 radical (unpaired) electrons. The monoisotopic (exact) mass is 446 g/mol. The van der Waals surface area contributed by atoms with Crippen LogP contribution in [0.1, 0.15) is 29.3 Å². The highest BCUT2D eigenvalue weighted by Crippen LogP contribution is 2.58. The first-order valence-corrected chi connectivity index (χ1v) is 10.2. The fraction of sp³-hybridized carbons (Fsp3) is 0.500. The van der Waals surface area contributed by atoms with Crippen molar-refractivity contribution in [2.45, 2.75) is 30.8 Å². The number of carbonyl (C=O) groups is 3. The molecule has 1 aromatic rings. The molecule has 0 aromatic heterocycles. The molecule has 0 aliphatic heterocycles. The standard InChI is InChI=1S/C22H26N2O8/c1-21(30)9-5-4-6-11(25)12(9)17(26)15-10(21)7-8-14(22(15,31)32)18(27)13(20(23)29)19(28)16(8)24(2)3/h4-6,8,10,14-16,25,28,30-32H,7H2,1-3H3,(H2,23,29)/t8?,10?,14-,15?,16+,21-/m1/s1. The number of aliphatic hydroxyl groups excluding tert-OH is 1. The molecule has 1 fully saturated rings. The van der Waals surface area contributed by atoms with Gasteiger partial charge in [-0.1, -0.05) is 12.1 Å². The molecular weight excluding hydrogens is 420 g/mol. The lowest BCUT2D eigenvalue weighted by molar-refractivity contribution is -0.278. The van der Waals surface area contributed by atoms with Gasteiger partial charge in [-0.2, -0.15) is 0 Å². The maximum atomic E-state index is 13.4. The van der Waals surface area contributed by atoms with Gasteiger partial charge >= 0.3 is 0 Å². The van der Waals surface area contributed by atoms with Crippen LogP contribution in [0.4, 0.5) is 0 Å². The normalized spacial score (nSPS) is 35.9. The molecule has 0 spiro atoms. The molecule has 7 N–H and O–H groups in total. The van der Waals surface area contributed by atoms with Gasteiger partial charge in [0, 0.05) is 5.92 Å². The van der Waals surface area contributed by atoms with Crippen LogP contribution >= 0.6 is 0 Å². The summed E-state index contributed by atoms with van der Waals surface area (Å²) >= 11 is 0. The Morgan fingerprint density at radius 1 is 1.09 bits per heavy atom. The molecular formula is C22H26N2O8. The van der Waals surface area contributed by atoms with Gasteiger partial charge in [-0.15, -0.1) is 0 Å². The van der Waals surface area contributed by atoms with Gasteiger partial charge in [0.2, 0.25) is 0 Å². The highest BCUT2D eigenvalue weighted by molar-refractivity contribution is 6.21. The fourth-order valence-corrected chi connectivity index (χ4v) is 6.08. The number of nitrogens with zero attached hydrogens (tertiary/aromatic N) is 1. The van der Waals surface area contributed by atoms with E-state index in [-0.39, 0.29) is 17.5 Å². The Balaban J connectivity index is 1.96. The second-order valence-electron chi connectivity index (χ2n) is 9.35. The Morgan fingerprint density at radius 3 is 2.28 bits per heavy atom. The summed E-state index contributed by atoms with van der Waals surface area (Å²) in [4.78, 5) is 40.0. The molecule has 6 atom stereocenters. The number of likely N-dealkylation sites (N-methyl/N-ethyl adjacent to an activating group) is 1. The van der Waals surface area contributed by atoms with Crippen molar-refractivity contribution in [2.75, 3.05) is 14.1 Å². The predicted octanol–water partition coefficient (Wildman–Crippen LogP) is -0.844. The lowest BCUT2D eigenvalue weighted by Crippen LogP contribution is -2.68. The molecule has 4 rings (SSSR count). The number of amides is 1. The third-order valence-electron chi connectivity index (χ3n) is 7.38. The SMILES string of the molecule is CN(C)[C@@H]1C(O)=C(C(N)=O)C(=O)[C@H]2C1CC1C(C(=O)c3c(O)cccc3[C@@]1(C)O)C2(O)O. The number of carbonyl (C=O) groups excluding carboxylic acids is 3. The molecule has 32 heavy (non-hydrogen) atoms. The van der Waals surface area contributed by atoms with Crippen LogP contribution in [0.5, 0.6) is 5.75 Å². The lowest BCUT2D eigenvalue weighted by Gasteiger charge is -2.57. The summed E-state index contributed by atoms with van der Waals surface area (Å²) in [7, 11) is 3.15. The van der Waals surface area contributed by atoms with Crippen molar-refractivity contribution in [1.29, 1.82) is 0 Å². The van der Waals surface area contributed by atoms with Crippen molar-refractivity contribution < 1.29 is 39.9 Å². The molecule has 0 heterocycles. The number of fused-ring (bicyclic) bond motifs is 3. The minimum absolute atomic E-state index is 0.0449. The Bertz CT molecular complexity index is 1070. The number of aromatic hydroxyl groups is 1. The van der Waals surface area contributed by atoms with Crippen molar-refractivity contribution in [3.05, 3.63) is 40.7 Å². The summed E-state index contributed by atoms with van der Waals surface area (Å²) in [6.45, 7) is 1.41. The van der Waals surface area contributed by atoms with Gasteiger partial charge in [0.25, 0.3) is 5.91 Å². The number of ketones is 2. The van der Waals surface area contributed by atoms with Gasteiger partial charge in [0.05, 0.1) is 29.0 Å². The third-order valence-corrected chi connectivity index (χ3v) is 7.38. The van der Waals surface area contributed by atoms with Crippen LogP contribution in [0, 0.1) is 23.7 Å². The van der Waals surface area contributed by atoms with E-state index >= 15 is 0 Å². The van der Waals surface area contributed by atoms with Crippen LogP contribution in [-0.2, 0) is 15.2 Å². The molecule has 10 heteroatoms. The summed E-state index contributed by atoms with van der Waals surface area (Å²) in [5.74, 6) is -12.5. The smallest absolute Gasteiger partial charge is 0.255 e. The van der Waals surface area contributed by atoms with Crippen LogP contribution in [0.25, 0.3) is 0 Å². The number of primary amides is 1. The zero-order valence-electron chi connectivity index (χ0n) is 17.8. The van der Waals surface area contributed by atoms with Crippen molar-refractivity contribution >= 4 is 17.5 Å². The van der Waals surface area contributed by atoms with Crippen molar-refractivity contribution in [1.82, 2.24) is 4.90 Å². The zero-order chi connectivity index (χ0) is 23.9. The van der Waals surface area contributed by atoms with E-state index in [1.807, 2.05) is 0 Å². The van der Waals surface area contributed by atoms with E-state index in [2.05, 4.69) is 0 Å². The van der Waals surface area contributed by atoms with Crippen molar-refractivity contribution in [2.24, 2.45) is 29.4 Å². The number of rotatable bonds is 2. The largest absolute Gasteiger partial charge is 0.510 e. The van der Waals surface area contributed by atoms with Crippen LogP contribution in [0.2, 0.25) is 0 Å². The van der Waals surface area contributed by atoms with Crippen LogP contribution < -0.4 is 5.73 Å². The quantitative estimate of drug-likeness (QED) is 0.249. The Morgan fingerprint density at radius 2 is 1.72 bits per heavy atom. The van der Waals surface area contributed by atoms with E-state index in [9.17, 15) is 39.9 Å². The number of hydrogen-bond donors (Lipinski definition) is 6. The molecule has 3 unspecified atom stereocenters. The molecule has 3 aliphatic carbocycles. The molecule has 172 valence electrons. The van der Waals surface area contributed by atoms with Gasteiger partial charge in [-0.3, -0.25) is 19.3 Å². The summed E-state index contributed by atoms with van der Waals surface area (Å²) in [6.07, 6.45) is -0.0449. The molecule has 10 nitrogen and oxygen atoms in total. The van der Waals surface area contributed by atoms with Crippen LogP contribution in [0.15, 0.2) is 29.5 Å². The molecule has 1 amide bonds. The predicted molar refractivity (Wildman–Crippen MR) is 109 cm³/mol. The van der Waals surface area contributed by atoms with Crippen LogP contribution in [-0.4, -0.2) is 73.8 Å². The topological polar surface area (TPSA) is 182 Å². The first-order chi connectivity index (χ1) is 14.7. The van der Waals surface area contributed by atoms with E-state index < -0.39 is 75.7 Å². The summed E-state index contributed by atoms with van der Waals surface area (Å²) in [6, 6.07) is 3.20. The second kappa shape index (κ2) is 6.85. The Kier molecular flexibility index (Phi) is 4.80. The van der Waals surface area contributed by atoms with E-state index in [0.29, 0.717) is 0 Å². The van der Waals surface area contributed by atoms with Crippen molar-refractivity contribution in [3.63, 3.8) is 0 Å². The lowest BCUT2D eigenvalue weighted by atomic mass is 9.51. The maximum absolute atomic E-state index is 13.4. The minimum Gasteiger partial charge on any atom is -0.510 e. The first-order valence-electron chi connectivity index (χ1n) is 10.2. The van der Waals surface area contributed by atoms with E-state index in [4.69, 9.17) is 5.73 Å². The van der Waals surface area contributed by atoms with E-state index in [0.717, 1.165) is 0 Å². The molecule has 1 aromatic carbocycles. The number of phenols is 1. The number of phenolic OH excluding ortho intramolecular Hbond substituents is 1. The maximum Gasteiger partial charge on any atom is 0.255 e. The fourth-order valence-electron chi connectivity index (χ4n) is 6.08. The summed E-state index contributed by atoms with van der Waals surface area (Å²) in [5, 5.41) is 55.0. The van der Waals surface area contributed by atoms with E-state index in [1.54, 1.807) is 14.1 Å². The second-order valence-corrected chi connectivity index (χ2v) is 9.35. The zero-order valence-corrected chi connectivity index (χ0v) is 17.8. The van der Waals surface area contributed by atoms with E-state index in [1.165, 1.54) is 30.0 Å². The Hall–Kier alpha value is -2.79. The number of hydrogen-bond acceptors (Lipinski definition) is 9. The number of Topliss-reactive ketones (excluding diaryl/α,β-unsaturated/α-hetero) is 2. The van der Waals surface area contributed by atoms with Gasteiger partial charge in [0.1, 0.15) is 17.1 Å². The number of aliphatic hydroxyl groups is 4. The number of nitrogens with two attached hydrogens (primary N) is 1. The Labute approximate surface area is 183 Å². The summed E-state index contributed by atoms with van der Waals surface area (Å²) in [5.41, 5.74) is 2.69. The van der Waals surface area contributed by atoms with Gasteiger partial charge in [-0.05, 0) is 45.0 Å². The van der Waals surface area contributed by atoms with Crippen molar-refractivity contribution in [3.8, 4) is 5.75 Å². The first kappa shape index (κ1) is 22.4. The van der Waals surface area contributed by atoms with Crippen LogP contribution in [0.3, 0.4) is 0 Å². The summed E-state index contributed by atoms with van der Waals surface area (Å²) < 4.78 is 0. The highest BCUT2D eigenvalue weighted by atomic mass is 16.5. The molecule has 0 saturated heterocycles. The van der Waals surface area contributed by atoms with Gasteiger partial charge < -0.3 is 31.3 Å². The number of benzene rings is 1. The minimum atomic E-state index is -2.98.